The minimum Gasteiger partial charge on any atom is -0.384 e. The number of likely N-dealkylation sites (tertiary alicyclic amines) is 1. The lowest BCUT2D eigenvalue weighted by atomic mass is 10.1. The fourth-order valence-corrected chi connectivity index (χ4v) is 2.91. The Morgan fingerprint density at radius 2 is 2.05 bits per heavy atom. The molecule has 1 amide bonds. The van der Waals surface area contributed by atoms with Crippen molar-refractivity contribution >= 4 is 27.5 Å². The van der Waals surface area contributed by atoms with E-state index in [0.29, 0.717) is 13.0 Å². The highest BCUT2D eigenvalue weighted by Crippen LogP contribution is 2.20. The van der Waals surface area contributed by atoms with Gasteiger partial charge in [-0.1, -0.05) is 15.9 Å². The third kappa shape index (κ3) is 4.23. The Labute approximate surface area is 123 Å². The number of piperidine rings is 1. The quantitative estimate of drug-likeness (QED) is 0.918. The molecule has 2 rings (SSSR count). The van der Waals surface area contributed by atoms with Gasteiger partial charge in [0.25, 0.3) is 0 Å². The monoisotopic (exact) mass is 324 g/mol. The molecule has 4 heteroatoms. The number of rotatable bonds is 4. The van der Waals surface area contributed by atoms with E-state index in [0.717, 1.165) is 36.1 Å². The van der Waals surface area contributed by atoms with Crippen LogP contribution in [0.2, 0.25) is 0 Å². The number of aryl methyl sites for hydroxylation is 1. The zero-order valence-electron chi connectivity index (χ0n) is 11.4. The first-order chi connectivity index (χ1) is 9.16. The second kappa shape index (κ2) is 6.94. The van der Waals surface area contributed by atoms with Crippen LogP contribution in [-0.4, -0.2) is 30.4 Å². The van der Waals surface area contributed by atoms with E-state index in [1.807, 2.05) is 17.0 Å². The van der Waals surface area contributed by atoms with Gasteiger partial charge in [-0.25, -0.2) is 0 Å². The molecule has 1 fully saturated rings. The predicted molar refractivity (Wildman–Crippen MR) is 82.4 cm³/mol. The van der Waals surface area contributed by atoms with Crippen molar-refractivity contribution in [1.82, 2.24) is 4.90 Å². The van der Waals surface area contributed by atoms with Gasteiger partial charge >= 0.3 is 0 Å². The lowest BCUT2D eigenvalue weighted by Crippen LogP contribution is -2.36. The molecule has 0 radical (unpaired) electrons. The van der Waals surface area contributed by atoms with Gasteiger partial charge in [-0.2, -0.15) is 0 Å². The normalized spacial score (nSPS) is 15.4. The Morgan fingerprint density at radius 3 is 2.74 bits per heavy atom. The minimum atomic E-state index is 0.280. The van der Waals surface area contributed by atoms with Crippen LogP contribution in [0.1, 0.15) is 31.2 Å². The summed E-state index contributed by atoms with van der Waals surface area (Å²) in [6.07, 6.45) is 4.16. The van der Waals surface area contributed by atoms with Crippen LogP contribution in [0.5, 0.6) is 0 Å². The molecule has 1 aromatic carbocycles. The van der Waals surface area contributed by atoms with Crippen LogP contribution in [-0.2, 0) is 4.79 Å². The van der Waals surface area contributed by atoms with Crippen LogP contribution >= 0.6 is 15.9 Å². The molecule has 1 saturated heterocycles. The highest BCUT2D eigenvalue weighted by molar-refractivity contribution is 9.10. The Bertz CT molecular complexity index is 442. The number of hydrogen-bond acceptors (Lipinski definition) is 2. The van der Waals surface area contributed by atoms with Gasteiger partial charge in [-0.05, 0) is 49.9 Å². The molecule has 0 saturated carbocycles. The summed E-state index contributed by atoms with van der Waals surface area (Å²) in [5.74, 6) is 0.280. The summed E-state index contributed by atoms with van der Waals surface area (Å²) in [5.41, 5.74) is 2.30. The van der Waals surface area contributed by atoms with Crippen molar-refractivity contribution in [2.75, 3.05) is 25.0 Å². The Kier molecular flexibility index (Phi) is 5.25. The van der Waals surface area contributed by atoms with E-state index in [1.54, 1.807) is 0 Å². The second-order valence-electron chi connectivity index (χ2n) is 5.08. The van der Waals surface area contributed by atoms with Crippen LogP contribution in [0, 0.1) is 6.92 Å². The number of carbonyl (C=O) groups is 1. The lowest BCUT2D eigenvalue weighted by molar-refractivity contribution is -0.131. The van der Waals surface area contributed by atoms with E-state index in [-0.39, 0.29) is 5.91 Å². The van der Waals surface area contributed by atoms with E-state index in [2.05, 4.69) is 34.2 Å². The topological polar surface area (TPSA) is 32.3 Å². The molecule has 1 aromatic rings. The van der Waals surface area contributed by atoms with Crippen molar-refractivity contribution in [3.63, 3.8) is 0 Å². The van der Waals surface area contributed by atoms with Gasteiger partial charge in [0, 0.05) is 36.2 Å². The average Bonchev–Trinajstić information content (AvgIpc) is 2.42. The number of hydrogen-bond donors (Lipinski definition) is 1. The fourth-order valence-electron chi connectivity index (χ4n) is 2.43. The van der Waals surface area contributed by atoms with Crippen LogP contribution < -0.4 is 5.32 Å². The molecular formula is C15H21BrN2O. The van der Waals surface area contributed by atoms with E-state index in [9.17, 15) is 4.79 Å². The lowest BCUT2D eigenvalue weighted by Gasteiger charge is -2.26. The summed E-state index contributed by atoms with van der Waals surface area (Å²) < 4.78 is 1.08. The molecule has 19 heavy (non-hydrogen) atoms. The van der Waals surface area contributed by atoms with Crippen molar-refractivity contribution in [2.45, 2.75) is 32.6 Å². The number of benzene rings is 1. The molecule has 1 aliphatic heterocycles. The number of nitrogens with one attached hydrogen (secondary N) is 1. The van der Waals surface area contributed by atoms with Gasteiger partial charge < -0.3 is 10.2 Å². The fraction of sp³-hybridized carbons (Fsp3) is 0.533. The molecule has 1 aliphatic rings. The summed E-state index contributed by atoms with van der Waals surface area (Å²) in [6.45, 7) is 4.66. The summed E-state index contributed by atoms with van der Waals surface area (Å²) in [6, 6.07) is 6.14. The van der Waals surface area contributed by atoms with Crippen molar-refractivity contribution in [3.8, 4) is 0 Å². The first-order valence-electron chi connectivity index (χ1n) is 6.94. The van der Waals surface area contributed by atoms with Gasteiger partial charge in [-0.15, -0.1) is 0 Å². The maximum atomic E-state index is 12.0. The van der Waals surface area contributed by atoms with Crippen molar-refractivity contribution < 1.29 is 4.79 Å². The van der Waals surface area contributed by atoms with E-state index in [1.165, 1.54) is 12.0 Å². The maximum absolute atomic E-state index is 12.0. The number of anilines is 1. The predicted octanol–water partition coefficient (Wildman–Crippen LogP) is 3.57. The third-order valence-electron chi connectivity index (χ3n) is 3.55. The Morgan fingerprint density at radius 1 is 1.32 bits per heavy atom. The standard InChI is InChI=1S/C15H21BrN2O/c1-12-11-13(16)5-6-14(12)17-8-7-15(19)18-9-3-2-4-10-18/h5-6,11,17H,2-4,7-10H2,1H3. The summed E-state index contributed by atoms with van der Waals surface area (Å²) in [4.78, 5) is 14.0. The Balaban J connectivity index is 1.78. The van der Waals surface area contributed by atoms with Gasteiger partial charge in [0.2, 0.25) is 5.91 Å². The molecule has 0 aliphatic carbocycles. The molecule has 0 spiro atoms. The smallest absolute Gasteiger partial charge is 0.224 e. The van der Waals surface area contributed by atoms with Gasteiger partial charge in [-0.3, -0.25) is 4.79 Å². The van der Waals surface area contributed by atoms with E-state index in [4.69, 9.17) is 0 Å². The van der Waals surface area contributed by atoms with Crippen LogP contribution in [0.3, 0.4) is 0 Å². The van der Waals surface area contributed by atoms with Crippen molar-refractivity contribution in [1.29, 1.82) is 0 Å². The van der Waals surface area contributed by atoms with Crippen molar-refractivity contribution in [3.05, 3.63) is 28.2 Å². The van der Waals surface area contributed by atoms with Gasteiger partial charge in [0.05, 0.1) is 0 Å². The third-order valence-corrected chi connectivity index (χ3v) is 4.04. The number of carbonyl (C=O) groups excluding carboxylic acids is 1. The highest BCUT2D eigenvalue weighted by atomic mass is 79.9. The van der Waals surface area contributed by atoms with Crippen LogP contribution in [0.25, 0.3) is 0 Å². The Hall–Kier alpha value is -1.03. The van der Waals surface area contributed by atoms with Gasteiger partial charge in [0.1, 0.15) is 0 Å². The molecule has 0 aromatic heterocycles. The SMILES string of the molecule is Cc1cc(Br)ccc1NCCC(=O)N1CCCCC1. The van der Waals surface area contributed by atoms with Gasteiger partial charge in [0.15, 0.2) is 0 Å². The molecular weight excluding hydrogens is 304 g/mol. The summed E-state index contributed by atoms with van der Waals surface area (Å²) >= 11 is 3.45. The molecule has 3 nitrogen and oxygen atoms in total. The van der Waals surface area contributed by atoms with E-state index < -0.39 is 0 Å². The molecule has 1 heterocycles. The molecule has 0 bridgehead atoms. The molecule has 0 atom stereocenters. The number of amides is 1. The van der Waals surface area contributed by atoms with Crippen molar-refractivity contribution in [2.24, 2.45) is 0 Å². The van der Waals surface area contributed by atoms with Crippen LogP contribution in [0.15, 0.2) is 22.7 Å². The molecule has 1 N–H and O–H groups in total. The second-order valence-corrected chi connectivity index (χ2v) is 5.99. The number of halogens is 1. The van der Waals surface area contributed by atoms with E-state index >= 15 is 0 Å². The average molecular weight is 325 g/mol. The zero-order chi connectivity index (χ0) is 13.7. The zero-order valence-corrected chi connectivity index (χ0v) is 13.0. The maximum Gasteiger partial charge on any atom is 0.224 e. The first-order valence-corrected chi connectivity index (χ1v) is 7.74. The number of nitrogens with zero attached hydrogens (tertiary/aromatic N) is 1. The molecule has 104 valence electrons. The highest BCUT2D eigenvalue weighted by Gasteiger charge is 2.15. The summed E-state index contributed by atoms with van der Waals surface area (Å²) in [7, 11) is 0. The summed E-state index contributed by atoms with van der Waals surface area (Å²) in [5, 5.41) is 3.34. The minimum absolute atomic E-state index is 0.280. The van der Waals surface area contributed by atoms with Crippen LogP contribution in [0.4, 0.5) is 5.69 Å². The largest absolute Gasteiger partial charge is 0.384 e. The molecule has 0 unspecified atom stereocenters. The first kappa shape index (κ1) is 14.4.